The molecule has 2 N–H and O–H groups in total. The van der Waals surface area contributed by atoms with Crippen LogP contribution in [0.15, 0.2) is 24.3 Å². The fraction of sp³-hybridized carbons (Fsp3) is 0.611. The summed E-state index contributed by atoms with van der Waals surface area (Å²) in [6.07, 6.45) is 4.37. The molecule has 6 heteroatoms. The van der Waals surface area contributed by atoms with Gasteiger partial charge < -0.3 is 15.4 Å². The third-order valence-corrected chi connectivity index (χ3v) is 5.32. The molecule has 1 unspecified atom stereocenters. The summed E-state index contributed by atoms with van der Waals surface area (Å²) in [5.74, 6) is 0.788. The Balaban J connectivity index is 0.00000208. The van der Waals surface area contributed by atoms with Gasteiger partial charge in [0.25, 0.3) is 0 Å². The number of halogens is 2. The van der Waals surface area contributed by atoms with Crippen LogP contribution in [0.2, 0.25) is 5.02 Å². The zero-order valence-electron chi connectivity index (χ0n) is 13.9. The van der Waals surface area contributed by atoms with Crippen molar-refractivity contribution in [2.75, 3.05) is 26.3 Å². The molecule has 2 aliphatic rings. The number of hydrogen-bond acceptors (Lipinski definition) is 3. The largest absolute Gasteiger partial charge is 0.381 e. The van der Waals surface area contributed by atoms with Gasteiger partial charge in [-0.25, -0.2) is 0 Å². The molecule has 1 aromatic carbocycles. The highest BCUT2D eigenvalue weighted by atomic mass is 35.5. The van der Waals surface area contributed by atoms with Crippen molar-refractivity contribution < 1.29 is 9.53 Å². The van der Waals surface area contributed by atoms with Gasteiger partial charge in [0.1, 0.15) is 0 Å². The number of amides is 1. The Kier molecular flexibility index (Phi) is 7.35. The lowest BCUT2D eigenvalue weighted by molar-refractivity contribution is -0.124. The van der Waals surface area contributed by atoms with Crippen molar-refractivity contribution in [2.45, 2.75) is 37.6 Å². The normalized spacial score (nSPS) is 22.6. The Labute approximate surface area is 155 Å². The van der Waals surface area contributed by atoms with Gasteiger partial charge in [-0.2, -0.15) is 0 Å². The maximum atomic E-state index is 12.5. The zero-order chi connectivity index (χ0) is 16.1. The van der Waals surface area contributed by atoms with Crippen molar-refractivity contribution in [2.24, 2.45) is 5.92 Å². The van der Waals surface area contributed by atoms with Crippen molar-refractivity contribution in [3.05, 3.63) is 34.9 Å². The van der Waals surface area contributed by atoms with Gasteiger partial charge in [-0.1, -0.05) is 23.7 Å². The SMILES string of the molecule is Cl.O=C(CCC1CCNC1)NC1(c2ccc(Cl)cc2)CCOCC1. The second-order valence-corrected chi connectivity index (χ2v) is 7.08. The molecule has 24 heavy (non-hydrogen) atoms. The molecular weight excluding hydrogens is 347 g/mol. The van der Waals surface area contributed by atoms with Crippen molar-refractivity contribution in [1.82, 2.24) is 10.6 Å². The molecule has 1 amide bonds. The van der Waals surface area contributed by atoms with Crippen LogP contribution in [-0.4, -0.2) is 32.2 Å². The van der Waals surface area contributed by atoms with E-state index in [9.17, 15) is 4.79 Å². The Morgan fingerprint density at radius 3 is 2.62 bits per heavy atom. The van der Waals surface area contributed by atoms with Crippen molar-refractivity contribution in [3.8, 4) is 0 Å². The summed E-state index contributed by atoms with van der Waals surface area (Å²) >= 11 is 6.01. The zero-order valence-corrected chi connectivity index (χ0v) is 15.4. The van der Waals surface area contributed by atoms with Crippen molar-refractivity contribution in [3.63, 3.8) is 0 Å². The maximum absolute atomic E-state index is 12.5. The van der Waals surface area contributed by atoms with Crippen molar-refractivity contribution in [1.29, 1.82) is 0 Å². The summed E-state index contributed by atoms with van der Waals surface area (Å²) < 4.78 is 5.51. The predicted molar refractivity (Wildman–Crippen MR) is 98.8 cm³/mol. The van der Waals surface area contributed by atoms with E-state index in [1.807, 2.05) is 24.3 Å². The molecule has 3 rings (SSSR count). The number of ether oxygens (including phenoxy) is 1. The van der Waals surface area contributed by atoms with Crippen LogP contribution in [0.1, 0.15) is 37.7 Å². The summed E-state index contributed by atoms with van der Waals surface area (Å²) in [5, 5.41) is 7.38. The Morgan fingerprint density at radius 1 is 1.29 bits per heavy atom. The summed E-state index contributed by atoms with van der Waals surface area (Å²) in [4.78, 5) is 12.5. The lowest BCUT2D eigenvalue weighted by atomic mass is 9.82. The first-order valence-corrected chi connectivity index (χ1v) is 8.91. The maximum Gasteiger partial charge on any atom is 0.220 e. The van der Waals surface area contributed by atoms with Gasteiger partial charge in [-0.15, -0.1) is 12.4 Å². The van der Waals surface area contributed by atoms with E-state index < -0.39 is 0 Å². The molecule has 0 saturated carbocycles. The summed E-state index contributed by atoms with van der Waals surface area (Å²) in [7, 11) is 0. The second kappa shape index (κ2) is 9.04. The predicted octanol–water partition coefficient (Wildman–Crippen LogP) is 3.27. The number of benzene rings is 1. The number of nitrogens with one attached hydrogen (secondary N) is 2. The number of carbonyl (C=O) groups excluding carboxylic acids is 1. The van der Waals surface area contributed by atoms with Crippen LogP contribution < -0.4 is 10.6 Å². The van der Waals surface area contributed by atoms with Crippen LogP contribution in [-0.2, 0) is 15.1 Å². The first-order valence-electron chi connectivity index (χ1n) is 8.53. The van der Waals surface area contributed by atoms with Crippen LogP contribution in [0.4, 0.5) is 0 Å². The van der Waals surface area contributed by atoms with E-state index in [1.54, 1.807) is 0 Å². The molecule has 134 valence electrons. The van der Waals surface area contributed by atoms with Gasteiger partial charge in [0.15, 0.2) is 0 Å². The lowest BCUT2D eigenvalue weighted by Gasteiger charge is -2.38. The van der Waals surface area contributed by atoms with E-state index in [0.29, 0.717) is 25.6 Å². The monoisotopic (exact) mass is 372 g/mol. The topological polar surface area (TPSA) is 50.4 Å². The van der Waals surface area contributed by atoms with Gasteiger partial charge in [0.2, 0.25) is 5.91 Å². The van der Waals surface area contributed by atoms with Gasteiger partial charge in [0, 0.05) is 24.7 Å². The molecule has 1 aromatic rings. The van der Waals surface area contributed by atoms with E-state index in [4.69, 9.17) is 16.3 Å². The minimum absolute atomic E-state index is 0. The molecule has 0 radical (unpaired) electrons. The average Bonchev–Trinajstić information content (AvgIpc) is 3.08. The average molecular weight is 373 g/mol. The third-order valence-electron chi connectivity index (χ3n) is 5.06. The molecule has 0 aromatic heterocycles. The van der Waals surface area contributed by atoms with Crippen LogP contribution in [0.5, 0.6) is 0 Å². The fourth-order valence-corrected chi connectivity index (χ4v) is 3.73. The molecule has 0 bridgehead atoms. The second-order valence-electron chi connectivity index (χ2n) is 6.65. The molecule has 0 spiro atoms. The molecule has 4 nitrogen and oxygen atoms in total. The molecule has 2 saturated heterocycles. The van der Waals surface area contributed by atoms with Gasteiger partial charge in [-0.3, -0.25) is 4.79 Å². The fourth-order valence-electron chi connectivity index (χ4n) is 3.60. The Bertz CT molecular complexity index is 524. The lowest BCUT2D eigenvalue weighted by Crippen LogP contribution is -2.49. The van der Waals surface area contributed by atoms with Crippen molar-refractivity contribution >= 4 is 29.9 Å². The number of rotatable bonds is 5. The standard InChI is InChI=1S/C18H25ClN2O2.ClH/c19-16-4-2-15(3-5-16)18(8-11-23-12-9-18)21-17(22)6-1-14-7-10-20-13-14;/h2-5,14,20H,1,6-13H2,(H,21,22);1H. The first kappa shape index (κ1) is 19.5. The van der Waals surface area contributed by atoms with Gasteiger partial charge >= 0.3 is 0 Å². The molecule has 2 fully saturated rings. The van der Waals surface area contributed by atoms with Crippen LogP contribution in [0, 0.1) is 5.92 Å². The Morgan fingerprint density at radius 2 is 2.00 bits per heavy atom. The summed E-state index contributed by atoms with van der Waals surface area (Å²) in [6.45, 7) is 3.48. The highest BCUT2D eigenvalue weighted by Crippen LogP contribution is 2.33. The van der Waals surface area contributed by atoms with E-state index in [1.165, 1.54) is 6.42 Å². The van der Waals surface area contributed by atoms with Gasteiger partial charge in [0.05, 0.1) is 5.54 Å². The third kappa shape index (κ3) is 4.85. The highest BCUT2D eigenvalue weighted by molar-refractivity contribution is 6.30. The number of carbonyl (C=O) groups is 1. The van der Waals surface area contributed by atoms with Gasteiger partial charge in [-0.05, 0) is 62.4 Å². The van der Waals surface area contributed by atoms with E-state index in [0.717, 1.165) is 42.9 Å². The Hall–Kier alpha value is -0.810. The number of hydrogen-bond donors (Lipinski definition) is 2. The molecule has 0 aliphatic carbocycles. The molecule has 2 heterocycles. The molecule has 2 aliphatic heterocycles. The van der Waals surface area contributed by atoms with E-state index in [2.05, 4.69) is 10.6 Å². The minimum Gasteiger partial charge on any atom is -0.381 e. The summed E-state index contributed by atoms with van der Waals surface area (Å²) in [5.41, 5.74) is 0.814. The first-order chi connectivity index (χ1) is 11.2. The smallest absolute Gasteiger partial charge is 0.220 e. The minimum atomic E-state index is -0.312. The molecular formula is C18H26Cl2N2O2. The van der Waals surface area contributed by atoms with E-state index in [-0.39, 0.29) is 23.9 Å². The highest BCUT2D eigenvalue weighted by Gasteiger charge is 2.35. The quantitative estimate of drug-likeness (QED) is 0.833. The van der Waals surface area contributed by atoms with E-state index >= 15 is 0 Å². The molecule has 1 atom stereocenters. The van der Waals surface area contributed by atoms with Crippen LogP contribution in [0.3, 0.4) is 0 Å². The van der Waals surface area contributed by atoms with Crippen LogP contribution >= 0.6 is 24.0 Å². The van der Waals surface area contributed by atoms with Crippen LogP contribution in [0.25, 0.3) is 0 Å². The summed E-state index contributed by atoms with van der Waals surface area (Å²) in [6, 6.07) is 7.83.